The van der Waals surface area contributed by atoms with Crippen LogP contribution in [0, 0.1) is 0 Å². The van der Waals surface area contributed by atoms with Gasteiger partial charge in [-0.05, 0) is 23.8 Å². The van der Waals surface area contributed by atoms with Crippen LogP contribution in [0.15, 0.2) is 22.6 Å². The number of hydrogen-bond donors (Lipinski definition) is 1. The standard InChI is InChI=1S/C10H9N3O2/c11-10-13-12-9(15-10)7-1-2-8-6(5-7)3-4-14-8/h1-2,5H,3-4H2,(H2,11,13). The van der Waals surface area contributed by atoms with E-state index in [9.17, 15) is 0 Å². The first-order valence-corrected chi connectivity index (χ1v) is 4.68. The monoisotopic (exact) mass is 203 g/mol. The van der Waals surface area contributed by atoms with Crippen molar-refractivity contribution in [3.63, 3.8) is 0 Å². The van der Waals surface area contributed by atoms with Gasteiger partial charge in [0.25, 0.3) is 0 Å². The van der Waals surface area contributed by atoms with Crippen LogP contribution in [0.25, 0.3) is 11.5 Å². The van der Waals surface area contributed by atoms with Crippen molar-refractivity contribution in [1.29, 1.82) is 0 Å². The zero-order valence-electron chi connectivity index (χ0n) is 7.93. The lowest BCUT2D eigenvalue weighted by Gasteiger charge is -1.99. The highest BCUT2D eigenvalue weighted by Gasteiger charge is 2.14. The predicted molar refractivity (Wildman–Crippen MR) is 53.3 cm³/mol. The summed E-state index contributed by atoms with van der Waals surface area (Å²) in [5, 5.41) is 7.45. The number of rotatable bonds is 1. The van der Waals surface area contributed by atoms with Gasteiger partial charge in [-0.1, -0.05) is 5.10 Å². The predicted octanol–water partition coefficient (Wildman–Crippen LogP) is 1.25. The van der Waals surface area contributed by atoms with Gasteiger partial charge in [-0.25, -0.2) is 0 Å². The quantitative estimate of drug-likeness (QED) is 0.755. The Hall–Kier alpha value is -2.04. The number of aromatic nitrogens is 2. The molecule has 2 heterocycles. The number of nitrogen functional groups attached to an aromatic ring is 1. The van der Waals surface area contributed by atoms with Crippen molar-refractivity contribution in [2.45, 2.75) is 6.42 Å². The lowest BCUT2D eigenvalue weighted by Crippen LogP contribution is -1.85. The maximum Gasteiger partial charge on any atom is 0.313 e. The van der Waals surface area contributed by atoms with Crippen LogP contribution in [0.2, 0.25) is 0 Å². The molecule has 76 valence electrons. The average molecular weight is 203 g/mol. The number of benzene rings is 1. The molecule has 15 heavy (non-hydrogen) atoms. The minimum atomic E-state index is 0.0850. The van der Waals surface area contributed by atoms with Crippen LogP contribution < -0.4 is 10.5 Å². The number of ether oxygens (including phenoxy) is 1. The second kappa shape index (κ2) is 2.98. The second-order valence-corrected chi connectivity index (χ2v) is 3.37. The zero-order chi connectivity index (χ0) is 10.3. The lowest BCUT2D eigenvalue weighted by atomic mass is 10.1. The fourth-order valence-corrected chi connectivity index (χ4v) is 1.67. The van der Waals surface area contributed by atoms with E-state index in [1.807, 2.05) is 18.2 Å². The van der Waals surface area contributed by atoms with Crippen LogP contribution in [0.4, 0.5) is 6.01 Å². The van der Waals surface area contributed by atoms with E-state index in [2.05, 4.69) is 10.2 Å². The Morgan fingerprint density at radius 1 is 1.27 bits per heavy atom. The normalized spacial score (nSPS) is 13.6. The van der Waals surface area contributed by atoms with Crippen molar-refractivity contribution in [2.24, 2.45) is 0 Å². The molecule has 0 amide bonds. The summed E-state index contributed by atoms with van der Waals surface area (Å²) in [5.74, 6) is 1.38. The van der Waals surface area contributed by atoms with Crippen LogP contribution >= 0.6 is 0 Å². The van der Waals surface area contributed by atoms with Crippen molar-refractivity contribution in [2.75, 3.05) is 12.3 Å². The molecule has 1 aromatic heterocycles. The SMILES string of the molecule is Nc1nnc(-c2ccc3c(c2)CCO3)o1. The van der Waals surface area contributed by atoms with Gasteiger partial charge < -0.3 is 14.9 Å². The van der Waals surface area contributed by atoms with E-state index in [1.165, 1.54) is 5.56 Å². The van der Waals surface area contributed by atoms with Gasteiger partial charge in [-0.3, -0.25) is 0 Å². The van der Waals surface area contributed by atoms with Gasteiger partial charge in [0.15, 0.2) is 0 Å². The molecular weight excluding hydrogens is 194 g/mol. The molecule has 0 saturated carbocycles. The summed E-state index contributed by atoms with van der Waals surface area (Å²) in [6.07, 6.45) is 0.923. The van der Waals surface area contributed by atoms with Gasteiger partial charge >= 0.3 is 6.01 Å². The molecular formula is C10H9N3O2. The van der Waals surface area contributed by atoms with Gasteiger partial charge in [0.2, 0.25) is 5.89 Å². The molecule has 0 aliphatic carbocycles. The van der Waals surface area contributed by atoms with Gasteiger partial charge in [0.1, 0.15) is 5.75 Å². The van der Waals surface area contributed by atoms with E-state index >= 15 is 0 Å². The fourth-order valence-electron chi connectivity index (χ4n) is 1.67. The molecule has 1 aliphatic rings. The topological polar surface area (TPSA) is 74.2 Å². The smallest absolute Gasteiger partial charge is 0.313 e. The van der Waals surface area contributed by atoms with Gasteiger partial charge in [-0.2, -0.15) is 0 Å². The third-order valence-corrected chi connectivity index (χ3v) is 2.38. The Morgan fingerprint density at radius 2 is 2.20 bits per heavy atom. The van der Waals surface area contributed by atoms with Gasteiger partial charge in [0.05, 0.1) is 6.61 Å². The number of nitrogens with two attached hydrogens (primary N) is 1. The van der Waals surface area contributed by atoms with Crippen molar-refractivity contribution < 1.29 is 9.15 Å². The van der Waals surface area contributed by atoms with E-state index < -0.39 is 0 Å². The summed E-state index contributed by atoms with van der Waals surface area (Å²) in [7, 11) is 0. The molecule has 0 spiro atoms. The highest BCUT2D eigenvalue weighted by molar-refractivity contribution is 5.58. The highest BCUT2D eigenvalue weighted by atomic mass is 16.5. The lowest BCUT2D eigenvalue weighted by molar-refractivity contribution is 0.357. The van der Waals surface area contributed by atoms with Crippen LogP contribution in [0.1, 0.15) is 5.56 Å². The molecule has 0 fully saturated rings. The van der Waals surface area contributed by atoms with Crippen LogP contribution in [-0.4, -0.2) is 16.8 Å². The van der Waals surface area contributed by atoms with Gasteiger partial charge in [0, 0.05) is 12.0 Å². The average Bonchev–Trinajstić information content (AvgIpc) is 2.84. The molecule has 2 N–H and O–H groups in total. The summed E-state index contributed by atoms with van der Waals surface area (Å²) in [6.45, 7) is 0.741. The van der Waals surface area contributed by atoms with E-state index in [-0.39, 0.29) is 6.01 Å². The summed E-state index contributed by atoms with van der Waals surface area (Å²) < 4.78 is 10.5. The van der Waals surface area contributed by atoms with Crippen molar-refractivity contribution >= 4 is 6.01 Å². The van der Waals surface area contributed by atoms with Crippen LogP contribution in [0.5, 0.6) is 5.75 Å². The molecule has 0 atom stereocenters. The molecule has 5 nitrogen and oxygen atoms in total. The van der Waals surface area contributed by atoms with E-state index in [0.29, 0.717) is 5.89 Å². The van der Waals surface area contributed by atoms with E-state index in [1.54, 1.807) is 0 Å². The number of fused-ring (bicyclic) bond motifs is 1. The molecule has 5 heteroatoms. The summed E-state index contributed by atoms with van der Waals surface area (Å²) in [5.41, 5.74) is 7.41. The molecule has 0 bridgehead atoms. The minimum absolute atomic E-state index is 0.0850. The molecule has 0 radical (unpaired) electrons. The number of anilines is 1. The van der Waals surface area contributed by atoms with Crippen LogP contribution in [0.3, 0.4) is 0 Å². The Morgan fingerprint density at radius 3 is 3.00 bits per heavy atom. The first-order valence-electron chi connectivity index (χ1n) is 4.68. The largest absolute Gasteiger partial charge is 0.493 e. The summed E-state index contributed by atoms with van der Waals surface area (Å²) >= 11 is 0. The van der Waals surface area contributed by atoms with E-state index in [4.69, 9.17) is 14.9 Å². The van der Waals surface area contributed by atoms with E-state index in [0.717, 1.165) is 24.3 Å². The van der Waals surface area contributed by atoms with Gasteiger partial charge in [-0.15, -0.1) is 5.10 Å². The Labute approximate surface area is 85.9 Å². The molecule has 3 rings (SSSR count). The first kappa shape index (κ1) is 8.28. The first-order chi connectivity index (χ1) is 7.33. The number of hydrogen-bond acceptors (Lipinski definition) is 5. The second-order valence-electron chi connectivity index (χ2n) is 3.37. The molecule has 1 aliphatic heterocycles. The molecule has 0 saturated heterocycles. The zero-order valence-corrected chi connectivity index (χ0v) is 7.93. The summed E-state index contributed by atoms with van der Waals surface area (Å²) in [4.78, 5) is 0. The molecule has 0 unspecified atom stereocenters. The fraction of sp³-hybridized carbons (Fsp3) is 0.200. The van der Waals surface area contributed by atoms with Crippen molar-refractivity contribution in [3.8, 4) is 17.2 Å². The minimum Gasteiger partial charge on any atom is -0.493 e. The maximum absolute atomic E-state index is 5.40. The van der Waals surface area contributed by atoms with Crippen LogP contribution in [-0.2, 0) is 6.42 Å². The van der Waals surface area contributed by atoms with Crippen molar-refractivity contribution in [1.82, 2.24) is 10.2 Å². The Bertz CT molecular complexity index is 507. The third-order valence-electron chi connectivity index (χ3n) is 2.38. The molecule has 2 aromatic rings. The number of nitrogens with zero attached hydrogens (tertiary/aromatic N) is 2. The maximum atomic E-state index is 5.40. The third kappa shape index (κ3) is 1.32. The molecule has 1 aromatic carbocycles. The summed E-state index contributed by atoms with van der Waals surface area (Å²) in [6, 6.07) is 5.88. The highest BCUT2D eigenvalue weighted by Crippen LogP contribution is 2.29. The Balaban J connectivity index is 2.06. The Kier molecular flexibility index (Phi) is 1.65. The van der Waals surface area contributed by atoms with Crippen molar-refractivity contribution in [3.05, 3.63) is 23.8 Å².